The molecule has 0 saturated carbocycles. The first kappa shape index (κ1) is 12.8. The quantitative estimate of drug-likeness (QED) is 0.587. The van der Waals surface area contributed by atoms with Crippen LogP contribution < -0.4 is 10.5 Å². The summed E-state index contributed by atoms with van der Waals surface area (Å²) in [7, 11) is 1.65. The van der Waals surface area contributed by atoms with E-state index in [9.17, 15) is 0 Å². The number of aromatic nitrogens is 2. The number of nitrogens with two attached hydrogens (primary N) is 1. The van der Waals surface area contributed by atoms with Gasteiger partial charge in [0.05, 0.1) is 6.61 Å². The van der Waals surface area contributed by atoms with Crippen LogP contribution in [0.4, 0.5) is 0 Å². The summed E-state index contributed by atoms with van der Waals surface area (Å²) in [6, 6.07) is 2.03. The van der Waals surface area contributed by atoms with Gasteiger partial charge >= 0.3 is 6.01 Å². The number of thiocarbonyl (C=S) groups is 1. The lowest BCUT2D eigenvalue weighted by atomic mass is 10.3. The molecule has 0 unspecified atom stereocenters. The Labute approximate surface area is 100.0 Å². The lowest BCUT2D eigenvalue weighted by Crippen LogP contribution is -2.14. The van der Waals surface area contributed by atoms with Crippen molar-refractivity contribution in [3.8, 4) is 6.01 Å². The number of methoxy groups -OCH3 is 1. The molecule has 2 N–H and O–H groups in total. The molecule has 88 valence electrons. The van der Waals surface area contributed by atoms with Crippen molar-refractivity contribution in [2.75, 3.05) is 20.3 Å². The molecule has 0 amide bonds. The minimum absolute atomic E-state index is 0.243. The molecule has 1 aromatic rings. The van der Waals surface area contributed by atoms with Gasteiger partial charge in [-0.25, -0.2) is 4.98 Å². The molecule has 16 heavy (non-hydrogen) atoms. The van der Waals surface area contributed by atoms with Crippen LogP contribution in [-0.2, 0) is 4.74 Å². The van der Waals surface area contributed by atoms with Crippen LogP contribution in [0, 0.1) is 6.92 Å². The van der Waals surface area contributed by atoms with E-state index in [1.807, 2.05) is 6.92 Å². The first-order chi connectivity index (χ1) is 7.63. The van der Waals surface area contributed by atoms with E-state index in [1.54, 1.807) is 13.2 Å². The average Bonchev–Trinajstić information content (AvgIpc) is 2.23. The second-order valence-electron chi connectivity index (χ2n) is 3.24. The summed E-state index contributed by atoms with van der Waals surface area (Å²) in [5.74, 6) is 0. The summed E-state index contributed by atoms with van der Waals surface area (Å²) in [6.07, 6.45) is 0.788. The van der Waals surface area contributed by atoms with E-state index in [0.717, 1.165) is 12.1 Å². The Bertz CT molecular complexity index is 371. The van der Waals surface area contributed by atoms with Crippen molar-refractivity contribution in [3.05, 3.63) is 17.5 Å². The van der Waals surface area contributed by atoms with Gasteiger partial charge in [0.15, 0.2) is 0 Å². The zero-order chi connectivity index (χ0) is 12.0. The van der Waals surface area contributed by atoms with E-state index < -0.39 is 0 Å². The average molecular weight is 241 g/mol. The van der Waals surface area contributed by atoms with Crippen molar-refractivity contribution in [3.63, 3.8) is 0 Å². The van der Waals surface area contributed by atoms with Gasteiger partial charge in [0.1, 0.15) is 10.7 Å². The molecule has 0 aliphatic carbocycles. The van der Waals surface area contributed by atoms with Gasteiger partial charge in [0, 0.05) is 25.8 Å². The fraction of sp³-hybridized carbons (Fsp3) is 0.500. The molecular formula is C10H15N3O2S. The smallest absolute Gasteiger partial charge is 0.317 e. The highest BCUT2D eigenvalue weighted by atomic mass is 32.1. The largest absolute Gasteiger partial charge is 0.463 e. The van der Waals surface area contributed by atoms with E-state index in [-0.39, 0.29) is 4.99 Å². The van der Waals surface area contributed by atoms with E-state index in [1.165, 1.54) is 0 Å². The molecule has 0 radical (unpaired) electrons. The van der Waals surface area contributed by atoms with Crippen LogP contribution in [-0.4, -0.2) is 35.3 Å². The molecule has 0 atom stereocenters. The molecule has 0 spiro atoms. The molecule has 1 heterocycles. The number of hydrogen-bond donors (Lipinski definition) is 1. The maximum atomic E-state index is 5.49. The Balaban J connectivity index is 2.62. The van der Waals surface area contributed by atoms with E-state index in [0.29, 0.717) is 24.9 Å². The molecule has 0 aliphatic heterocycles. The predicted molar refractivity (Wildman–Crippen MR) is 64.6 cm³/mol. The van der Waals surface area contributed by atoms with Gasteiger partial charge in [-0.1, -0.05) is 12.2 Å². The van der Waals surface area contributed by atoms with E-state index in [2.05, 4.69) is 9.97 Å². The van der Waals surface area contributed by atoms with Crippen molar-refractivity contribution in [2.45, 2.75) is 13.3 Å². The Morgan fingerprint density at radius 2 is 2.19 bits per heavy atom. The Morgan fingerprint density at radius 1 is 1.44 bits per heavy atom. The molecule has 0 aliphatic rings. The zero-order valence-electron chi connectivity index (χ0n) is 9.40. The van der Waals surface area contributed by atoms with Gasteiger partial charge in [-0.3, -0.25) is 0 Å². The van der Waals surface area contributed by atoms with E-state index >= 15 is 0 Å². The Hall–Kier alpha value is -1.27. The third-order valence-electron chi connectivity index (χ3n) is 1.81. The van der Waals surface area contributed by atoms with Gasteiger partial charge in [0.25, 0.3) is 0 Å². The summed E-state index contributed by atoms with van der Waals surface area (Å²) in [5, 5.41) is 0. The van der Waals surface area contributed by atoms with Crippen molar-refractivity contribution >= 4 is 17.2 Å². The molecule has 0 fully saturated rings. The highest BCUT2D eigenvalue weighted by Crippen LogP contribution is 2.07. The van der Waals surface area contributed by atoms with Crippen LogP contribution in [0.2, 0.25) is 0 Å². The van der Waals surface area contributed by atoms with Crippen LogP contribution in [0.3, 0.4) is 0 Å². The molecule has 0 saturated heterocycles. The van der Waals surface area contributed by atoms with Gasteiger partial charge in [0.2, 0.25) is 0 Å². The third-order valence-corrected chi connectivity index (χ3v) is 2.02. The van der Waals surface area contributed by atoms with Gasteiger partial charge in [-0.2, -0.15) is 4.98 Å². The predicted octanol–water partition coefficient (Wildman–Crippen LogP) is 0.835. The molecular weight excluding hydrogens is 226 g/mol. The van der Waals surface area contributed by atoms with Crippen LogP contribution in [0.25, 0.3) is 0 Å². The molecule has 1 aromatic heterocycles. The van der Waals surface area contributed by atoms with Gasteiger partial charge in [-0.15, -0.1) is 0 Å². The summed E-state index contributed by atoms with van der Waals surface area (Å²) >= 11 is 4.85. The SMILES string of the molecule is COCCCOc1nc(C)cc(C(N)=S)n1. The Kier molecular flexibility index (Phi) is 5.07. The zero-order valence-corrected chi connectivity index (χ0v) is 10.2. The summed E-state index contributed by atoms with van der Waals surface area (Å²) in [4.78, 5) is 8.46. The van der Waals surface area contributed by atoms with Crippen molar-refractivity contribution in [2.24, 2.45) is 5.73 Å². The fourth-order valence-corrected chi connectivity index (χ4v) is 1.20. The fourth-order valence-electron chi connectivity index (χ4n) is 1.10. The van der Waals surface area contributed by atoms with Gasteiger partial charge in [-0.05, 0) is 13.0 Å². The standard InChI is InChI=1S/C10H15N3O2S/c1-7-6-8(9(11)16)13-10(12-7)15-5-3-4-14-2/h6H,3-5H2,1-2H3,(H2,11,16). The maximum absolute atomic E-state index is 5.49. The number of nitrogens with zero attached hydrogens (tertiary/aromatic N) is 2. The third kappa shape index (κ3) is 4.08. The lowest BCUT2D eigenvalue weighted by molar-refractivity contribution is 0.168. The summed E-state index contributed by atoms with van der Waals surface area (Å²) in [6.45, 7) is 2.99. The normalized spacial score (nSPS) is 10.1. The Morgan fingerprint density at radius 3 is 2.81 bits per heavy atom. The first-order valence-corrected chi connectivity index (χ1v) is 5.31. The number of ether oxygens (including phenoxy) is 2. The molecule has 0 bridgehead atoms. The second-order valence-corrected chi connectivity index (χ2v) is 3.68. The highest BCUT2D eigenvalue weighted by molar-refractivity contribution is 7.80. The highest BCUT2D eigenvalue weighted by Gasteiger charge is 2.05. The van der Waals surface area contributed by atoms with Crippen LogP contribution in [0.5, 0.6) is 6.01 Å². The van der Waals surface area contributed by atoms with Crippen molar-refractivity contribution in [1.29, 1.82) is 0 Å². The van der Waals surface area contributed by atoms with Crippen molar-refractivity contribution < 1.29 is 9.47 Å². The van der Waals surface area contributed by atoms with Crippen LogP contribution in [0.15, 0.2) is 6.07 Å². The molecule has 0 aromatic carbocycles. The summed E-state index contributed by atoms with van der Waals surface area (Å²) in [5.41, 5.74) is 6.80. The van der Waals surface area contributed by atoms with Crippen LogP contribution >= 0.6 is 12.2 Å². The maximum Gasteiger partial charge on any atom is 0.317 e. The number of rotatable bonds is 6. The molecule has 6 heteroatoms. The second kappa shape index (κ2) is 6.34. The molecule has 1 rings (SSSR count). The first-order valence-electron chi connectivity index (χ1n) is 4.90. The number of aryl methyl sites for hydroxylation is 1. The minimum atomic E-state index is 0.243. The van der Waals surface area contributed by atoms with Crippen LogP contribution in [0.1, 0.15) is 17.8 Å². The minimum Gasteiger partial charge on any atom is -0.463 e. The number of hydrogen-bond acceptors (Lipinski definition) is 5. The monoisotopic (exact) mass is 241 g/mol. The lowest BCUT2D eigenvalue weighted by Gasteiger charge is -2.06. The van der Waals surface area contributed by atoms with E-state index in [4.69, 9.17) is 27.4 Å². The summed E-state index contributed by atoms with van der Waals surface area (Å²) < 4.78 is 10.3. The van der Waals surface area contributed by atoms with Gasteiger partial charge < -0.3 is 15.2 Å². The molecule has 5 nitrogen and oxygen atoms in total. The topological polar surface area (TPSA) is 70.3 Å². The van der Waals surface area contributed by atoms with Crippen molar-refractivity contribution in [1.82, 2.24) is 9.97 Å².